The number of aryl methyl sites for hydroxylation is 1. The van der Waals surface area contributed by atoms with E-state index < -0.39 is 0 Å². The molecule has 2 rings (SSSR count). The van der Waals surface area contributed by atoms with Crippen LogP contribution in [-0.2, 0) is 0 Å². The van der Waals surface area contributed by atoms with E-state index in [1.165, 1.54) is 24.2 Å². The Labute approximate surface area is 125 Å². The van der Waals surface area contributed by atoms with Gasteiger partial charge in [-0.3, -0.25) is 4.79 Å². The molecule has 18 heavy (non-hydrogen) atoms. The molecule has 0 aromatic carbocycles. The largest absolute Gasteiger partial charge is 0.334 e. The van der Waals surface area contributed by atoms with Gasteiger partial charge in [0.15, 0.2) is 0 Å². The molecule has 1 aromatic rings. The first-order valence-corrected chi connectivity index (χ1v) is 8.63. The Morgan fingerprint density at radius 2 is 2.22 bits per heavy atom. The SMILES string of the molecule is Cc1csc(C(=O)N(CCBr)C2CCCC2)c1Cl. The number of hydrogen-bond acceptors (Lipinski definition) is 2. The molecule has 0 N–H and O–H groups in total. The molecule has 100 valence electrons. The zero-order chi connectivity index (χ0) is 13.1. The molecule has 1 fully saturated rings. The first kappa shape index (κ1) is 14.4. The normalized spacial score (nSPS) is 16.2. The van der Waals surface area contributed by atoms with E-state index in [1.807, 2.05) is 17.2 Å². The third kappa shape index (κ3) is 2.91. The molecular formula is C13H17BrClNOS. The van der Waals surface area contributed by atoms with Crippen LogP contribution in [0.15, 0.2) is 5.38 Å². The maximum absolute atomic E-state index is 12.6. The van der Waals surface area contributed by atoms with Gasteiger partial charge in [-0.05, 0) is 30.7 Å². The number of nitrogens with zero attached hydrogens (tertiary/aromatic N) is 1. The van der Waals surface area contributed by atoms with E-state index in [9.17, 15) is 4.79 Å². The fraction of sp³-hybridized carbons (Fsp3) is 0.615. The summed E-state index contributed by atoms with van der Waals surface area (Å²) in [6.45, 7) is 2.71. The van der Waals surface area contributed by atoms with Gasteiger partial charge < -0.3 is 4.90 Å². The number of carbonyl (C=O) groups is 1. The van der Waals surface area contributed by atoms with E-state index in [-0.39, 0.29) is 5.91 Å². The highest BCUT2D eigenvalue weighted by molar-refractivity contribution is 9.09. The minimum absolute atomic E-state index is 0.101. The van der Waals surface area contributed by atoms with Gasteiger partial charge in [-0.15, -0.1) is 11.3 Å². The van der Waals surface area contributed by atoms with Gasteiger partial charge in [0, 0.05) is 17.9 Å². The fourth-order valence-electron chi connectivity index (χ4n) is 2.46. The molecule has 0 atom stereocenters. The van der Waals surface area contributed by atoms with Gasteiger partial charge in [0.05, 0.1) is 5.02 Å². The lowest BCUT2D eigenvalue weighted by Crippen LogP contribution is -2.39. The van der Waals surface area contributed by atoms with E-state index >= 15 is 0 Å². The average Bonchev–Trinajstić information content (AvgIpc) is 2.98. The van der Waals surface area contributed by atoms with Gasteiger partial charge in [0.25, 0.3) is 5.91 Å². The number of halogens is 2. The molecule has 1 aromatic heterocycles. The molecule has 1 heterocycles. The van der Waals surface area contributed by atoms with Crippen molar-refractivity contribution in [3.8, 4) is 0 Å². The summed E-state index contributed by atoms with van der Waals surface area (Å²) in [6, 6.07) is 0.397. The zero-order valence-electron chi connectivity index (χ0n) is 10.4. The van der Waals surface area contributed by atoms with E-state index in [4.69, 9.17) is 11.6 Å². The minimum Gasteiger partial charge on any atom is -0.334 e. The van der Waals surface area contributed by atoms with Gasteiger partial charge in [-0.1, -0.05) is 40.4 Å². The molecule has 1 aliphatic carbocycles. The Balaban J connectivity index is 2.19. The molecule has 1 aliphatic rings. The molecule has 0 unspecified atom stereocenters. The van der Waals surface area contributed by atoms with Gasteiger partial charge in [0.1, 0.15) is 4.88 Å². The van der Waals surface area contributed by atoms with Crippen molar-refractivity contribution in [2.75, 3.05) is 11.9 Å². The van der Waals surface area contributed by atoms with E-state index in [0.29, 0.717) is 15.9 Å². The van der Waals surface area contributed by atoms with Crippen LogP contribution >= 0.6 is 38.9 Å². The lowest BCUT2D eigenvalue weighted by atomic mass is 10.2. The summed E-state index contributed by atoms with van der Waals surface area (Å²) in [5.41, 5.74) is 0.996. The standard InChI is InChI=1S/C13H17BrClNOS/c1-9-8-18-12(11(9)15)13(17)16(7-6-14)10-4-2-3-5-10/h8,10H,2-7H2,1H3. The number of thiophene rings is 1. The summed E-state index contributed by atoms with van der Waals surface area (Å²) in [5.74, 6) is 0.101. The lowest BCUT2D eigenvalue weighted by molar-refractivity contribution is 0.0701. The van der Waals surface area contributed by atoms with Crippen molar-refractivity contribution in [1.82, 2.24) is 4.90 Å². The summed E-state index contributed by atoms with van der Waals surface area (Å²) < 4.78 is 0. The van der Waals surface area contributed by atoms with Crippen LogP contribution in [0, 0.1) is 6.92 Å². The van der Waals surface area contributed by atoms with Crippen molar-refractivity contribution in [2.24, 2.45) is 0 Å². The summed E-state index contributed by atoms with van der Waals surface area (Å²) in [6.07, 6.45) is 4.71. The smallest absolute Gasteiger partial charge is 0.265 e. The molecule has 0 radical (unpaired) electrons. The van der Waals surface area contributed by atoms with Gasteiger partial charge in [-0.25, -0.2) is 0 Å². The number of rotatable bonds is 4. The first-order chi connectivity index (χ1) is 8.65. The molecule has 1 saturated carbocycles. The minimum atomic E-state index is 0.101. The summed E-state index contributed by atoms with van der Waals surface area (Å²) >= 11 is 11.1. The van der Waals surface area contributed by atoms with Crippen molar-refractivity contribution in [1.29, 1.82) is 0 Å². The topological polar surface area (TPSA) is 20.3 Å². The van der Waals surface area contributed by atoms with Crippen molar-refractivity contribution in [2.45, 2.75) is 38.6 Å². The van der Waals surface area contributed by atoms with E-state index in [2.05, 4.69) is 15.9 Å². The summed E-state index contributed by atoms with van der Waals surface area (Å²) in [7, 11) is 0. The van der Waals surface area contributed by atoms with Crippen molar-refractivity contribution < 1.29 is 4.79 Å². The van der Waals surface area contributed by atoms with Crippen LogP contribution in [0.4, 0.5) is 0 Å². The number of carbonyl (C=O) groups excluding carboxylic acids is 1. The van der Waals surface area contributed by atoms with Gasteiger partial charge >= 0.3 is 0 Å². The van der Waals surface area contributed by atoms with E-state index in [1.54, 1.807) is 0 Å². The zero-order valence-corrected chi connectivity index (χ0v) is 13.6. The maximum atomic E-state index is 12.6. The highest BCUT2D eigenvalue weighted by Crippen LogP contribution is 2.31. The van der Waals surface area contributed by atoms with Crippen LogP contribution in [-0.4, -0.2) is 28.7 Å². The monoisotopic (exact) mass is 349 g/mol. The second kappa shape index (κ2) is 6.40. The molecular weight excluding hydrogens is 334 g/mol. The summed E-state index contributed by atoms with van der Waals surface area (Å²) in [5, 5.41) is 3.40. The van der Waals surface area contributed by atoms with Crippen LogP contribution in [0.25, 0.3) is 0 Å². The molecule has 0 aliphatic heterocycles. The number of amides is 1. The van der Waals surface area contributed by atoms with Crippen LogP contribution in [0.2, 0.25) is 5.02 Å². The van der Waals surface area contributed by atoms with Gasteiger partial charge in [0.2, 0.25) is 0 Å². The number of alkyl halides is 1. The number of hydrogen-bond donors (Lipinski definition) is 0. The Bertz CT molecular complexity index is 429. The molecule has 0 spiro atoms. The van der Waals surface area contributed by atoms with Gasteiger partial charge in [-0.2, -0.15) is 0 Å². The van der Waals surface area contributed by atoms with Crippen LogP contribution in [0.1, 0.15) is 40.9 Å². The Morgan fingerprint density at radius 1 is 1.56 bits per heavy atom. The Hall–Kier alpha value is -0.0600. The molecule has 1 amide bonds. The first-order valence-electron chi connectivity index (χ1n) is 6.25. The molecule has 0 bridgehead atoms. The van der Waals surface area contributed by atoms with Crippen LogP contribution in [0.5, 0.6) is 0 Å². The van der Waals surface area contributed by atoms with Crippen molar-refractivity contribution in [3.05, 3.63) is 20.8 Å². The predicted octanol–water partition coefficient (Wildman–Crippen LogP) is 4.49. The van der Waals surface area contributed by atoms with Crippen LogP contribution in [0.3, 0.4) is 0 Å². The average molecular weight is 351 g/mol. The Kier molecular flexibility index (Phi) is 5.10. The van der Waals surface area contributed by atoms with Crippen molar-refractivity contribution >= 4 is 44.8 Å². The third-order valence-corrected chi connectivity index (χ3v) is 5.48. The second-order valence-electron chi connectivity index (χ2n) is 4.69. The second-order valence-corrected chi connectivity index (χ2v) is 6.74. The quantitative estimate of drug-likeness (QED) is 0.733. The van der Waals surface area contributed by atoms with Crippen LogP contribution < -0.4 is 0 Å². The van der Waals surface area contributed by atoms with E-state index in [0.717, 1.165) is 30.3 Å². The fourth-order valence-corrected chi connectivity index (χ4v) is 4.07. The predicted molar refractivity (Wildman–Crippen MR) is 81.2 cm³/mol. The highest BCUT2D eigenvalue weighted by atomic mass is 79.9. The maximum Gasteiger partial charge on any atom is 0.265 e. The van der Waals surface area contributed by atoms with Crippen molar-refractivity contribution in [3.63, 3.8) is 0 Å². The molecule has 0 saturated heterocycles. The highest BCUT2D eigenvalue weighted by Gasteiger charge is 2.29. The molecule has 5 heteroatoms. The Morgan fingerprint density at radius 3 is 2.72 bits per heavy atom. The third-order valence-electron chi connectivity index (χ3n) is 3.45. The summed E-state index contributed by atoms with van der Waals surface area (Å²) in [4.78, 5) is 15.3. The molecule has 2 nitrogen and oxygen atoms in total. The lowest BCUT2D eigenvalue weighted by Gasteiger charge is -2.28.